The molecule has 0 saturated carbocycles. The van der Waals surface area contributed by atoms with Gasteiger partial charge in [-0.1, -0.05) is 12.1 Å². The van der Waals surface area contributed by atoms with Crippen LogP contribution in [-0.4, -0.2) is 60.4 Å². The Hall–Kier alpha value is -1.55. The zero-order chi connectivity index (χ0) is 18.6. The molecule has 1 saturated heterocycles. The molecule has 6 nitrogen and oxygen atoms in total. The van der Waals surface area contributed by atoms with Crippen LogP contribution in [0.5, 0.6) is 0 Å². The molecular formula is C16H23Cl2F3N4O2. The summed E-state index contributed by atoms with van der Waals surface area (Å²) in [5, 5.41) is 2.32. The second kappa shape index (κ2) is 10.7. The molecule has 0 aromatic heterocycles. The number of hydrogen-bond donors (Lipinski definition) is 2. The van der Waals surface area contributed by atoms with Crippen LogP contribution in [0.15, 0.2) is 24.3 Å². The zero-order valence-corrected chi connectivity index (χ0v) is 16.3. The average molecular weight is 431 g/mol. The molecule has 2 rings (SSSR count). The molecule has 0 spiro atoms. The Bertz CT molecular complexity index is 636. The van der Waals surface area contributed by atoms with Crippen molar-refractivity contribution in [2.45, 2.75) is 19.1 Å². The molecule has 0 aliphatic carbocycles. The normalized spacial score (nSPS) is 16.0. The van der Waals surface area contributed by atoms with Gasteiger partial charge in [-0.15, -0.1) is 24.8 Å². The van der Waals surface area contributed by atoms with Gasteiger partial charge in [-0.25, -0.2) is 0 Å². The highest BCUT2D eigenvalue weighted by atomic mass is 35.5. The van der Waals surface area contributed by atoms with E-state index in [9.17, 15) is 22.8 Å². The number of nitrogens with two attached hydrogens (primary N) is 1. The Balaban J connectivity index is 0.00000338. The number of nitrogens with zero attached hydrogens (tertiary/aromatic N) is 2. The highest BCUT2D eigenvalue weighted by molar-refractivity contribution is 5.93. The Labute approximate surface area is 168 Å². The highest BCUT2D eigenvalue weighted by Gasteiger charge is 2.33. The quantitative estimate of drug-likeness (QED) is 0.765. The monoisotopic (exact) mass is 430 g/mol. The summed E-state index contributed by atoms with van der Waals surface area (Å²) in [7, 11) is 0. The number of nitrogens with one attached hydrogen (secondary N) is 1. The maximum Gasteiger partial charge on any atom is 0.418 e. The summed E-state index contributed by atoms with van der Waals surface area (Å²) in [6, 6.07) is 4.28. The van der Waals surface area contributed by atoms with Gasteiger partial charge < -0.3 is 16.0 Å². The molecule has 154 valence electrons. The van der Waals surface area contributed by atoms with Gasteiger partial charge in [0.05, 0.1) is 23.8 Å². The molecule has 1 atom stereocenters. The number of hydrogen-bond acceptors (Lipinski definition) is 4. The molecule has 1 heterocycles. The van der Waals surface area contributed by atoms with Crippen molar-refractivity contribution in [3.8, 4) is 0 Å². The first kappa shape index (κ1) is 25.4. The van der Waals surface area contributed by atoms with Gasteiger partial charge in [0.15, 0.2) is 0 Å². The van der Waals surface area contributed by atoms with Gasteiger partial charge >= 0.3 is 6.18 Å². The first-order valence-electron chi connectivity index (χ1n) is 7.91. The summed E-state index contributed by atoms with van der Waals surface area (Å²) >= 11 is 0. The lowest BCUT2D eigenvalue weighted by molar-refractivity contribution is -0.137. The zero-order valence-electron chi connectivity index (χ0n) is 14.7. The number of rotatable bonds is 4. The number of benzene rings is 1. The van der Waals surface area contributed by atoms with Crippen LogP contribution in [0.3, 0.4) is 0 Å². The molecule has 0 bridgehead atoms. The van der Waals surface area contributed by atoms with Gasteiger partial charge in [0, 0.05) is 26.2 Å². The fourth-order valence-corrected chi connectivity index (χ4v) is 2.65. The Morgan fingerprint density at radius 1 is 1.15 bits per heavy atom. The summed E-state index contributed by atoms with van der Waals surface area (Å²) < 4.78 is 38.8. The van der Waals surface area contributed by atoms with Crippen molar-refractivity contribution < 1.29 is 22.8 Å². The fourth-order valence-electron chi connectivity index (χ4n) is 2.65. The predicted molar refractivity (Wildman–Crippen MR) is 101 cm³/mol. The molecule has 11 heteroatoms. The smallest absolute Gasteiger partial charge is 0.339 e. The van der Waals surface area contributed by atoms with Crippen LogP contribution < -0.4 is 11.1 Å². The van der Waals surface area contributed by atoms with E-state index in [1.54, 1.807) is 16.7 Å². The van der Waals surface area contributed by atoms with Crippen molar-refractivity contribution in [3.05, 3.63) is 29.8 Å². The molecule has 1 aliphatic rings. The van der Waals surface area contributed by atoms with Crippen LogP contribution in [0.2, 0.25) is 0 Å². The number of carbonyl (C=O) groups excluding carboxylic acids is 2. The number of piperazine rings is 1. The first-order chi connectivity index (χ1) is 11.7. The minimum atomic E-state index is -4.53. The fraction of sp³-hybridized carbons (Fsp3) is 0.500. The predicted octanol–water partition coefficient (Wildman–Crippen LogP) is 1.98. The second-order valence-corrected chi connectivity index (χ2v) is 5.98. The Morgan fingerprint density at radius 2 is 1.70 bits per heavy atom. The van der Waals surface area contributed by atoms with E-state index in [0.29, 0.717) is 26.2 Å². The largest absolute Gasteiger partial charge is 0.418 e. The summed E-state index contributed by atoms with van der Waals surface area (Å²) in [5.74, 6) is -0.674. The van der Waals surface area contributed by atoms with Crippen molar-refractivity contribution in [1.29, 1.82) is 0 Å². The highest BCUT2D eigenvalue weighted by Crippen LogP contribution is 2.34. The third-order valence-electron chi connectivity index (χ3n) is 3.95. The number of anilines is 1. The Kier molecular flexibility index (Phi) is 10.1. The van der Waals surface area contributed by atoms with E-state index >= 15 is 0 Å². The third-order valence-corrected chi connectivity index (χ3v) is 3.95. The topological polar surface area (TPSA) is 78.7 Å². The van der Waals surface area contributed by atoms with Crippen molar-refractivity contribution in [3.63, 3.8) is 0 Å². The summed E-state index contributed by atoms with van der Waals surface area (Å²) in [4.78, 5) is 27.3. The molecular weight excluding hydrogens is 408 g/mol. The molecule has 2 amide bonds. The van der Waals surface area contributed by atoms with Crippen molar-refractivity contribution >= 4 is 42.3 Å². The van der Waals surface area contributed by atoms with E-state index in [1.165, 1.54) is 18.2 Å². The first-order valence-corrected chi connectivity index (χ1v) is 7.91. The second-order valence-electron chi connectivity index (χ2n) is 5.98. The van der Waals surface area contributed by atoms with Gasteiger partial charge in [-0.3, -0.25) is 14.5 Å². The number of carbonyl (C=O) groups is 2. The van der Waals surface area contributed by atoms with E-state index < -0.39 is 23.7 Å². The van der Waals surface area contributed by atoms with Crippen LogP contribution in [0.25, 0.3) is 0 Å². The van der Waals surface area contributed by atoms with Crippen molar-refractivity contribution in [1.82, 2.24) is 9.80 Å². The van der Waals surface area contributed by atoms with Gasteiger partial charge in [-0.2, -0.15) is 13.2 Å². The van der Waals surface area contributed by atoms with E-state index in [1.807, 2.05) is 0 Å². The maximum absolute atomic E-state index is 12.9. The number of alkyl halides is 3. The number of para-hydroxylation sites is 1. The van der Waals surface area contributed by atoms with Crippen molar-refractivity contribution in [2.24, 2.45) is 5.73 Å². The molecule has 3 N–H and O–H groups in total. The molecule has 27 heavy (non-hydrogen) atoms. The SMILES string of the molecule is C[C@@H](N)C(=O)N1CCN(CC(=O)Nc2ccccc2C(F)(F)F)CC1.Cl.Cl. The van der Waals surface area contributed by atoms with Crippen LogP contribution in [0, 0.1) is 0 Å². The van der Waals surface area contributed by atoms with Crippen molar-refractivity contribution in [2.75, 3.05) is 38.0 Å². The lowest BCUT2D eigenvalue weighted by Crippen LogP contribution is -2.53. The lowest BCUT2D eigenvalue weighted by atomic mass is 10.1. The summed E-state index contributed by atoms with van der Waals surface area (Å²) in [5.41, 5.74) is 4.42. The van der Waals surface area contributed by atoms with Crippen LogP contribution in [-0.2, 0) is 15.8 Å². The molecule has 1 fully saturated rings. The molecule has 1 aromatic rings. The lowest BCUT2D eigenvalue weighted by Gasteiger charge is -2.35. The van der Waals surface area contributed by atoms with Crippen LogP contribution in [0.4, 0.5) is 18.9 Å². The molecule has 0 radical (unpaired) electrons. The number of halogens is 5. The van der Waals surface area contributed by atoms with Gasteiger partial charge in [0.1, 0.15) is 0 Å². The van der Waals surface area contributed by atoms with Gasteiger partial charge in [0.25, 0.3) is 0 Å². The van der Waals surface area contributed by atoms with Crippen LogP contribution in [0.1, 0.15) is 12.5 Å². The van der Waals surface area contributed by atoms with E-state index in [-0.39, 0.29) is 43.0 Å². The average Bonchev–Trinajstić information content (AvgIpc) is 2.54. The number of amides is 2. The maximum atomic E-state index is 12.9. The standard InChI is InChI=1S/C16H21F3N4O2.2ClH/c1-11(20)15(25)23-8-6-22(7-9-23)10-14(24)21-13-5-3-2-4-12(13)16(17,18)19;;/h2-5,11H,6-10,20H2,1H3,(H,21,24);2*1H/t11-;;/m1../s1. The minimum absolute atomic E-state index is 0. The molecule has 0 unspecified atom stereocenters. The van der Waals surface area contributed by atoms with E-state index in [2.05, 4.69) is 5.32 Å². The minimum Gasteiger partial charge on any atom is -0.339 e. The summed E-state index contributed by atoms with van der Waals surface area (Å²) in [6.07, 6.45) is -4.53. The third kappa shape index (κ3) is 7.17. The molecule has 1 aromatic carbocycles. The van der Waals surface area contributed by atoms with Crippen LogP contribution >= 0.6 is 24.8 Å². The summed E-state index contributed by atoms with van der Waals surface area (Å²) in [6.45, 7) is 3.38. The molecule has 1 aliphatic heterocycles. The van der Waals surface area contributed by atoms with E-state index in [0.717, 1.165) is 6.07 Å². The van der Waals surface area contributed by atoms with Gasteiger partial charge in [-0.05, 0) is 19.1 Å². The van der Waals surface area contributed by atoms with Gasteiger partial charge in [0.2, 0.25) is 11.8 Å². The van der Waals surface area contributed by atoms with E-state index in [4.69, 9.17) is 5.73 Å². The Morgan fingerprint density at radius 3 is 2.22 bits per heavy atom.